The molecule has 2 amide bonds. The molecule has 43 heavy (non-hydrogen) atoms. The molecular formula is C34H36ClN3O4S. The second kappa shape index (κ2) is 14.4. The molecule has 0 heterocycles. The van der Waals surface area contributed by atoms with Crippen LogP contribution in [0.4, 0.5) is 5.69 Å². The number of nitrogens with zero attached hydrogens (tertiary/aromatic N) is 2. The van der Waals surface area contributed by atoms with Crippen molar-refractivity contribution in [3.8, 4) is 0 Å². The third-order valence-corrected chi connectivity index (χ3v) is 9.28. The van der Waals surface area contributed by atoms with Crippen LogP contribution >= 0.6 is 11.6 Å². The largest absolute Gasteiger partial charge is 0.357 e. The van der Waals surface area contributed by atoms with Crippen molar-refractivity contribution in [1.82, 2.24) is 10.2 Å². The van der Waals surface area contributed by atoms with Gasteiger partial charge in [-0.05, 0) is 59.0 Å². The number of hydrogen-bond donors (Lipinski definition) is 1. The van der Waals surface area contributed by atoms with Crippen molar-refractivity contribution in [2.75, 3.05) is 17.9 Å². The summed E-state index contributed by atoms with van der Waals surface area (Å²) in [7, 11) is -2.62. The molecule has 0 aliphatic heterocycles. The Labute approximate surface area is 259 Å². The van der Waals surface area contributed by atoms with E-state index in [2.05, 4.69) is 19.2 Å². The van der Waals surface area contributed by atoms with Gasteiger partial charge in [0.1, 0.15) is 12.6 Å². The van der Waals surface area contributed by atoms with E-state index in [1.807, 2.05) is 42.5 Å². The summed E-state index contributed by atoms with van der Waals surface area (Å²) in [5.41, 5.74) is 3.01. The number of likely N-dealkylation sites (N-methyl/N-ethyl adjacent to an activating group) is 1. The highest BCUT2D eigenvalue weighted by Crippen LogP contribution is 2.27. The number of carbonyl (C=O) groups is 2. The topological polar surface area (TPSA) is 86.8 Å². The van der Waals surface area contributed by atoms with E-state index in [1.54, 1.807) is 54.6 Å². The zero-order valence-electron chi connectivity index (χ0n) is 24.5. The Kier molecular flexibility index (Phi) is 10.6. The van der Waals surface area contributed by atoms with Gasteiger partial charge in [-0.2, -0.15) is 0 Å². The standard InChI is InChI=1S/C34H36ClN3O4S/c1-25(2)28-16-20-30(21-17-28)38(43(41,42)31-12-8-5-9-13-31)24-33(39)37(23-27-14-18-29(35)19-15-27)32(34(40)36-3)22-26-10-6-4-7-11-26/h4-21,25,32H,22-24H2,1-3H3,(H,36,40)/t32-/m1/s1. The molecule has 4 aromatic carbocycles. The molecule has 0 bridgehead atoms. The van der Waals surface area contributed by atoms with Gasteiger partial charge in [0.2, 0.25) is 11.8 Å². The molecule has 0 aromatic heterocycles. The number of anilines is 1. The maximum Gasteiger partial charge on any atom is 0.264 e. The number of hydrogen-bond acceptors (Lipinski definition) is 4. The first-order valence-electron chi connectivity index (χ1n) is 14.1. The minimum atomic E-state index is -4.14. The maximum atomic E-state index is 14.3. The minimum Gasteiger partial charge on any atom is -0.357 e. The van der Waals surface area contributed by atoms with Crippen LogP contribution < -0.4 is 9.62 Å². The highest BCUT2D eigenvalue weighted by molar-refractivity contribution is 7.92. The molecule has 0 saturated carbocycles. The first-order valence-corrected chi connectivity index (χ1v) is 15.9. The summed E-state index contributed by atoms with van der Waals surface area (Å²) in [6, 6.07) is 30.7. The van der Waals surface area contributed by atoms with Crippen LogP contribution in [0.25, 0.3) is 0 Å². The van der Waals surface area contributed by atoms with Crippen molar-refractivity contribution in [2.45, 2.75) is 43.7 Å². The molecule has 224 valence electrons. The van der Waals surface area contributed by atoms with Crippen LogP contribution in [0.3, 0.4) is 0 Å². The number of rotatable bonds is 12. The summed E-state index contributed by atoms with van der Waals surface area (Å²) in [6.07, 6.45) is 0.244. The van der Waals surface area contributed by atoms with Gasteiger partial charge in [0.15, 0.2) is 0 Å². The Morgan fingerprint density at radius 1 is 0.791 bits per heavy atom. The fourth-order valence-electron chi connectivity index (χ4n) is 4.78. The number of benzene rings is 4. The van der Waals surface area contributed by atoms with Crippen molar-refractivity contribution < 1.29 is 18.0 Å². The smallest absolute Gasteiger partial charge is 0.264 e. The van der Waals surface area contributed by atoms with Crippen molar-refractivity contribution in [2.24, 2.45) is 0 Å². The fourth-order valence-corrected chi connectivity index (χ4v) is 6.34. The molecule has 1 atom stereocenters. The molecule has 4 rings (SSSR count). The third-order valence-electron chi connectivity index (χ3n) is 7.24. The number of carbonyl (C=O) groups excluding carboxylic acids is 2. The normalized spacial score (nSPS) is 12.0. The van der Waals surface area contributed by atoms with E-state index >= 15 is 0 Å². The van der Waals surface area contributed by atoms with Crippen molar-refractivity contribution in [3.63, 3.8) is 0 Å². The molecule has 0 spiro atoms. The maximum absolute atomic E-state index is 14.3. The third kappa shape index (κ3) is 8.03. The predicted octanol–water partition coefficient (Wildman–Crippen LogP) is 6.04. The number of halogens is 1. The highest BCUT2D eigenvalue weighted by Gasteiger charge is 2.34. The summed E-state index contributed by atoms with van der Waals surface area (Å²) >= 11 is 6.11. The van der Waals surface area contributed by atoms with Gasteiger partial charge in [0.25, 0.3) is 10.0 Å². The molecule has 9 heteroatoms. The Balaban J connectivity index is 1.78. The summed E-state index contributed by atoms with van der Waals surface area (Å²) in [4.78, 5) is 29.2. The lowest BCUT2D eigenvalue weighted by Gasteiger charge is -2.33. The predicted molar refractivity (Wildman–Crippen MR) is 172 cm³/mol. The summed E-state index contributed by atoms with van der Waals surface area (Å²) in [5, 5.41) is 3.23. The monoisotopic (exact) mass is 617 g/mol. The molecule has 0 unspecified atom stereocenters. The SMILES string of the molecule is CNC(=O)[C@@H](Cc1ccccc1)N(Cc1ccc(Cl)cc1)C(=O)CN(c1ccc(C(C)C)cc1)S(=O)(=O)c1ccccc1. The minimum absolute atomic E-state index is 0.0622. The van der Waals surface area contributed by atoms with Crippen LogP contribution in [0.1, 0.15) is 36.5 Å². The van der Waals surface area contributed by atoms with Gasteiger partial charge < -0.3 is 10.2 Å². The molecule has 0 radical (unpaired) electrons. The molecule has 0 aliphatic carbocycles. The Morgan fingerprint density at radius 3 is 1.93 bits per heavy atom. The van der Waals surface area contributed by atoms with Gasteiger partial charge >= 0.3 is 0 Å². The molecular weight excluding hydrogens is 582 g/mol. The average molecular weight is 618 g/mol. The van der Waals surface area contributed by atoms with E-state index in [4.69, 9.17) is 11.6 Å². The zero-order valence-corrected chi connectivity index (χ0v) is 26.1. The second-order valence-corrected chi connectivity index (χ2v) is 12.8. The van der Waals surface area contributed by atoms with Crippen molar-refractivity contribution >= 4 is 39.1 Å². The van der Waals surface area contributed by atoms with Gasteiger partial charge in [-0.15, -0.1) is 0 Å². The van der Waals surface area contributed by atoms with Crippen LogP contribution in [-0.2, 0) is 32.6 Å². The van der Waals surface area contributed by atoms with Gasteiger partial charge in [-0.1, -0.05) is 98.2 Å². The van der Waals surface area contributed by atoms with Crippen LogP contribution in [-0.4, -0.2) is 44.8 Å². The van der Waals surface area contributed by atoms with E-state index in [-0.39, 0.29) is 29.7 Å². The number of sulfonamides is 1. The van der Waals surface area contributed by atoms with Crippen LogP contribution in [0.2, 0.25) is 5.02 Å². The first kappa shape index (κ1) is 31.8. The quantitative estimate of drug-likeness (QED) is 0.210. The van der Waals surface area contributed by atoms with Crippen LogP contribution in [0.15, 0.2) is 114 Å². The van der Waals surface area contributed by atoms with E-state index in [0.717, 1.165) is 21.0 Å². The van der Waals surface area contributed by atoms with Crippen molar-refractivity contribution in [1.29, 1.82) is 0 Å². The fraction of sp³-hybridized carbons (Fsp3) is 0.235. The average Bonchev–Trinajstić information content (AvgIpc) is 3.02. The van der Waals surface area contributed by atoms with Gasteiger partial charge in [-0.3, -0.25) is 13.9 Å². The van der Waals surface area contributed by atoms with Crippen molar-refractivity contribution in [3.05, 3.63) is 131 Å². The Hall–Kier alpha value is -4.14. The molecule has 4 aromatic rings. The zero-order chi connectivity index (χ0) is 31.0. The second-order valence-electron chi connectivity index (χ2n) is 10.5. The van der Waals surface area contributed by atoms with Crippen LogP contribution in [0, 0.1) is 0 Å². The molecule has 7 nitrogen and oxygen atoms in total. The summed E-state index contributed by atoms with van der Waals surface area (Å²) in [6.45, 7) is 3.68. The van der Waals surface area contributed by atoms with Gasteiger partial charge in [0, 0.05) is 25.0 Å². The van der Waals surface area contributed by atoms with Gasteiger partial charge in [-0.25, -0.2) is 8.42 Å². The highest BCUT2D eigenvalue weighted by atomic mass is 35.5. The Morgan fingerprint density at radius 2 is 1.37 bits per heavy atom. The Bertz CT molecular complexity index is 1610. The van der Waals surface area contributed by atoms with Crippen LogP contribution in [0.5, 0.6) is 0 Å². The summed E-state index contributed by atoms with van der Waals surface area (Å²) < 4.78 is 29.2. The molecule has 0 saturated heterocycles. The van der Waals surface area contributed by atoms with Gasteiger partial charge in [0.05, 0.1) is 10.6 Å². The van der Waals surface area contributed by atoms with E-state index < -0.39 is 28.5 Å². The summed E-state index contributed by atoms with van der Waals surface area (Å²) in [5.74, 6) is -0.632. The lowest BCUT2D eigenvalue weighted by Crippen LogP contribution is -2.53. The van der Waals surface area contributed by atoms with E-state index in [1.165, 1.54) is 24.1 Å². The lowest BCUT2D eigenvalue weighted by atomic mass is 10.0. The first-order chi connectivity index (χ1) is 20.6. The van der Waals surface area contributed by atoms with E-state index in [0.29, 0.717) is 10.7 Å². The van der Waals surface area contributed by atoms with E-state index in [9.17, 15) is 18.0 Å². The number of nitrogens with one attached hydrogen (secondary N) is 1. The molecule has 1 N–H and O–H groups in total. The lowest BCUT2D eigenvalue weighted by molar-refractivity contribution is -0.139. The number of amides is 2. The molecule has 0 aliphatic rings. The molecule has 0 fully saturated rings.